The van der Waals surface area contributed by atoms with E-state index in [0.29, 0.717) is 0 Å². The van der Waals surface area contributed by atoms with Crippen molar-refractivity contribution in [3.05, 3.63) is 0 Å². The second-order valence-corrected chi connectivity index (χ2v) is 4.88. The van der Waals surface area contributed by atoms with Crippen LogP contribution in [-0.2, 0) is 16.6 Å². The number of halogens is 3. The van der Waals surface area contributed by atoms with Crippen LogP contribution >= 0.6 is 0 Å². The molecule has 0 aromatic heterocycles. The zero-order valence-electron chi connectivity index (χ0n) is 10.6. The Morgan fingerprint density at radius 2 is 1.95 bits per heavy atom. The Kier molecular flexibility index (Phi) is 8.94. The maximum absolute atomic E-state index is 10.6. The topological polar surface area (TPSA) is 69.6 Å². The Balaban J connectivity index is 0.000000399. The summed E-state index contributed by atoms with van der Waals surface area (Å²) in [7, 11) is 0. The van der Waals surface area contributed by atoms with Gasteiger partial charge in [0, 0.05) is 13.1 Å². The van der Waals surface area contributed by atoms with Gasteiger partial charge in [-0.15, -0.1) is 0 Å². The summed E-state index contributed by atoms with van der Waals surface area (Å²) >= 11 is 0.189. The van der Waals surface area contributed by atoms with Crippen LogP contribution in [0.1, 0.15) is 19.8 Å². The molecular weight excluding hydrogens is 285 g/mol. The van der Waals surface area contributed by atoms with E-state index < -0.39 is 12.1 Å². The van der Waals surface area contributed by atoms with Gasteiger partial charge < -0.3 is 10.4 Å². The van der Waals surface area contributed by atoms with Crippen LogP contribution < -0.4 is 5.32 Å². The lowest BCUT2D eigenvalue weighted by atomic mass is 10.00. The molecule has 19 heavy (non-hydrogen) atoms. The summed E-state index contributed by atoms with van der Waals surface area (Å²) in [6.45, 7) is 6.34. The molecule has 0 unspecified atom stereocenters. The molecule has 1 fully saturated rings. The summed E-state index contributed by atoms with van der Waals surface area (Å²) in [6, 6.07) is 0. The second-order valence-electron chi connectivity index (χ2n) is 4.15. The number of aliphatic carboxylic acids is 1. The average Bonchev–Trinajstić information content (AvgIpc) is 2.25. The number of carboxylic acids is 1. The highest BCUT2D eigenvalue weighted by atomic mass is 32.2. The summed E-state index contributed by atoms with van der Waals surface area (Å²) < 4.78 is 44.3. The van der Waals surface area contributed by atoms with Gasteiger partial charge in [0.25, 0.3) is 0 Å². The first-order valence-electron chi connectivity index (χ1n) is 5.90. The molecule has 0 amide bonds. The van der Waals surface area contributed by atoms with Crippen LogP contribution in [0.2, 0.25) is 0 Å². The number of nitrogens with zero attached hydrogens (tertiary/aromatic N) is 1. The number of rotatable bonds is 6. The van der Waals surface area contributed by atoms with E-state index in [-0.39, 0.29) is 11.9 Å². The Labute approximate surface area is 113 Å². The Hall–Kier alpha value is -0.670. The van der Waals surface area contributed by atoms with E-state index in [0.717, 1.165) is 38.5 Å². The van der Waals surface area contributed by atoms with Crippen LogP contribution in [0.4, 0.5) is 13.2 Å². The molecule has 0 saturated carbocycles. The molecule has 1 aliphatic rings. The molecule has 1 saturated heterocycles. The third-order valence-corrected chi connectivity index (χ3v) is 3.13. The van der Waals surface area contributed by atoms with Crippen molar-refractivity contribution in [3.8, 4) is 0 Å². The highest BCUT2D eigenvalue weighted by Crippen LogP contribution is 2.13. The smallest absolute Gasteiger partial charge is 0.475 e. The molecule has 0 radical (unpaired) electrons. The van der Waals surface area contributed by atoms with E-state index in [1.807, 2.05) is 4.31 Å². The molecule has 9 heteroatoms. The van der Waals surface area contributed by atoms with Gasteiger partial charge in [0.2, 0.25) is 0 Å². The SMILES string of the molecule is CCCN(CCC1CNC1)[SH]=O.O=C(O)C(F)(F)F. The first-order chi connectivity index (χ1) is 8.81. The van der Waals surface area contributed by atoms with Crippen LogP contribution in [0.15, 0.2) is 0 Å². The molecule has 0 aromatic carbocycles. The maximum atomic E-state index is 10.6. The molecular formula is C10H19F3N2O3S. The molecule has 0 atom stereocenters. The van der Waals surface area contributed by atoms with Gasteiger partial charge in [-0.3, -0.25) is 0 Å². The highest BCUT2D eigenvalue weighted by molar-refractivity contribution is 7.62. The van der Waals surface area contributed by atoms with Crippen LogP contribution in [0, 0.1) is 5.92 Å². The number of nitrogens with one attached hydrogen (secondary N) is 1. The van der Waals surface area contributed by atoms with E-state index >= 15 is 0 Å². The van der Waals surface area contributed by atoms with Crippen molar-refractivity contribution in [2.45, 2.75) is 25.9 Å². The van der Waals surface area contributed by atoms with Gasteiger partial charge in [-0.25, -0.2) is 13.3 Å². The average molecular weight is 304 g/mol. The lowest BCUT2D eigenvalue weighted by Crippen LogP contribution is -2.43. The molecule has 0 aromatic rings. The van der Waals surface area contributed by atoms with Crippen molar-refractivity contribution in [1.82, 2.24) is 9.62 Å². The van der Waals surface area contributed by atoms with Crippen molar-refractivity contribution in [2.75, 3.05) is 26.2 Å². The van der Waals surface area contributed by atoms with E-state index in [4.69, 9.17) is 9.90 Å². The van der Waals surface area contributed by atoms with Gasteiger partial charge >= 0.3 is 12.1 Å². The van der Waals surface area contributed by atoms with E-state index in [1.165, 1.54) is 6.42 Å². The maximum Gasteiger partial charge on any atom is 0.490 e. The summed E-state index contributed by atoms with van der Waals surface area (Å²) in [5.41, 5.74) is 0. The second kappa shape index (κ2) is 9.27. The molecule has 1 aliphatic heterocycles. The van der Waals surface area contributed by atoms with Gasteiger partial charge in [-0.05, 0) is 31.8 Å². The predicted molar refractivity (Wildman–Crippen MR) is 66.1 cm³/mol. The van der Waals surface area contributed by atoms with Crippen molar-refractivity contribution >= 4 is 17.8 Å². The zero-order valence-corrected chi connectivity index (χ0v) is 11.5. The van der Waals surface area contributed by atoms with Crippen LogP contribution in [0.5, 0.6) is 0 Å². The molecule has 1 heterocycles. The van der Waals surface area contributed by atoms with E-state index in [9.17, 15) is 17.4 Å². The fourth-order valence-electron chi connectivity index (χ4n) is 1.34. The minimum Gasteiger partial charge on any atom is -0.475 e. The van der Waals surface area contributed by atoms with Crippen molar-refractivity contribution in [2.24, 2.45) is 5.92 Å². The Morgan fingerprint density at radius 1 is 1.42 bits per heavy atom. The number of hydrogen-bond acceptors (Lipinski definition) is 3. The number of carboxylic acid groups (broad SMARTS) is 1. The number of alkyl halides is 3. The molecule has 0 bridgehead atoms. The van der Waals surface area contributed by atoms with Gasteiger partial charge in [0.15, 0.2) is 0 Å². The quantitative estimate of drug-likeness (QED) is 0.635. The lowest BCUT2D eigenvalue weighted by Gasteiger charge is -2.28. The van der Waals surface area contributed by atoms with Gasteiger partial charge in [0.05, 0.1) is 11.9 Å². The largest absolute Gasteiger partial charge is 0.490 e. The lowest BCUT2D eigenvalue weighted by molar-refractivity contribution is -0.192. The molecule has 114 valence electrons. The predicted octanol–water partition coefficient (Wildman–Crippen LogP) is 0.801. The summed E-state index contributed by atoms with van der Waals surface area (Å²) in [6.07, 6.45) is -2.82. The fraction of sp³-hybridized carbons (Fsp3) is 0.900. The molecule has 5 nitrogen and oxygen atoms in total. The minimum atomic E-state index is -5.08. The summed E-state index contributed by atoms with van der Waals surface area (Å²) in [4.78, 5) is 8.90. The van der Waals surface area contributed by atoms with Crippen molar-refractivity contribution in [1.29, 1.82) is 0 Å². The molecule has 2 N–H and O–H groups in total. The van der Waals surface area contributed by atoms with Crippen molar-refractivity contribution < 1.29 is 27.3 Å². The third-order valence-electron chi connectivity index (χ3n) is 2.50. The Bertz CT molecular complexity index is 286. The number of carbonyl (C=O) groups is 1. The molecule has 1 rings (SSSR count). The van der Waals surface area contributed by atoms with Gasteiger partial charge in [-0.2, -0.15) is 13.2 Å². The first kappa shape index (κ1) is 18.3. The number of thiol groups is 1. The fourth-order valence-corrected chi connectivity index (χ4v) is 1.81. The number of hydrogen-bond donors (Lipinski definition) is 3. The van der Waals surface area contributed by atoms with Crippen molar-refractivity contribution in [3.63, 3.8) is 0 Å². The molecule has 0 aliphatic carbocycles. The highest BCUT2D eigenvalue weighted by Gasteiger charge is 2.38. The third kappa shape index (κ3) is 8.95. The van der Waals surface area contributed by atoms with Crippen LogP contribution in [0.25, 0.3) is 0 Å². The normalized spacial score (nSPS) is 15.6. The first-order valence-corrected chi connectivity index (χ1v) is 6.66. The summed E-state index contributed by atoms with van der Waals surface area (Å²) in [5, 5.41) is 10.4. The van der Waals surface area contributed by atoms with Crippen LogP contribution in [-0.4, -0.2) is 51.9 Å². The zero-order chi connectivity index (χ0) is 14.9. The standard InChI is InChI=1S/C8H18N2OS.C2HF3O2/c1-2-4-10(12-11)5-3-8-6-9-7-8;3-2(4,5)1(6)7/h8-9,12H,2-7H2,1H3;(H,6,7). The monoisotopic (exact) mass is 304 g/mol. The molecule has 0 spiro atoms. The Morgan fingerprint density at radius 3 is 2.21 bits per heavy atom. The summed E-state index contributed by atoms with van der Waals surface area (Å²) in [5.74, 6) is -1.93. The van der Waals surface area contributed by atoms with Gasteiger partial charge in [0.1, 0.15) is 0 Å². The van der Waals surface area contributed by atoms with E-state index in [1.54, 1.807) is 0 Å². The van der Waals surface area contributed by atoms with E-state index in [2.05, 4.69) is 12.2 Å². The van der Waals surface area contributed by atoms with Gasteiger partial charge in [-0.1, -0.05) is 6.92 Å². The van der Waals surface area contributed by atoms with Crippen LogP contribution in [0.3, 0.4) is 0 Å². The minimum absolute atomic E-state index is 0.189.